The van der Waals surface area contributed by atoms with Crippen LogP contribution in [0.5, 0.6) is 5.75 Å². The number of methoxy groups -OCH3 is 1. The van der Waals surface area contributed by atoms with Crippen LogP contribution >= 0.6 is 11.3 Å². The number of nitrogens with one attached hydrogen (secondary N) is 3. The molecule has 0 aliphatic carbocycles. The highest BCUT2D eigenvalue weighted by molar-refractivity contribution is 7.22. The van der Waals surface area contributed by atoms with Gasteiger partial charge < -0.3 is 15.4 Å². The molecule has 4 N–H and O–H groups in total. The third-order valence-corrected chi connectivity index (χ3v) is 4.70. The van der Waals surface area contributed by atoms with E-state index in [2.05, 4.69) is 15.6 Å². The molecule has 0 aliphatic heterocycles. The van der Waals surface area contributed by atoms with Crippen LogP contribution in [-0.4, -0.2) is 35.7 Å². The molecule has 1 heterocycles. The van der Waals surface area contributed by atoms with Gasteiger partial charge in [-0.15, -0.1) is 0 Å². The van der Waals surface area contributed by atoms with Crippen molar-refractivity contribution in [1.82, 2.24) is 10.5 Å². The number of hydrogen-bond donors (Lipinski definition) is 4. The lowest BCUT2D eigenvalue weighted by molar-refractivity contribution is -0.128. The highest BCUT2D eigenvalue weighted by Gasteiger charge is 2.08. The smallest absolute Gasteiger partial charge is 0.247 e. The summed E-state index contributed by atoms with van der Waals surface area (Å²) in [6.45, 7) is 0.0750. The quantitative estimate of drug-likeness (QED) is 0.366. The zero-order valence-electron chi connectivity index (χ0n) is 14.5. The van der Waals surface area contributed by atoms with Gasteiger partial charge in [-0.3, -0.25) is 14.8 Å². The molecule has 0 saturated carbocycles. The number of fused-ring (bicyclic) bond motifs is 1. The summed E-state index contributed by atoms with van der Waals surface area (Å²) >= 11 is 1.44. The highest BCUT2D eigenvalue weighted by Crippen LogP contribution is 2.28. The monoisotopic (exact) mass is 386 g/mol. The largest absolute Gasteiger partial charge is 0.497 e. The summed E-state index contributed by atoms with van der Waals surface area (Å²) in [5.41, 5.74) is 3.76. The van der Waals surface area contributed by atoms with Gasteiger partial charge in [0.2, 0.25) is 11.8 Å². The van der Waals surface area contributed by atoms with Crippen molar-refractivity contribution < 1.29 is 19.5 Å². The lowest BCUT2D eigenvalue weighted by Crippen LogP contribution is -2.22. The van der Waals surface area contributed by atoms with Crippen molar-refractivity contribution in [3.8, 4) is 5.75 Å². The van der Waals surface area contributed by atoms with Gasteiger partial charge >= 0.3 is 0 Å². The number of nitrogens with zero attached hydrogens (tertiary/aromatic N) is 1. The van der Waals surface area contributed by atoms with E-state index in [1.54, 1.807) is 36.9 Å². The maximum Gasteiger partial charge on any atom is 0.247 e. The van der Waals surface area contributed by atoms with E-state index in [0.29, 0.717) is 10.8 Å². The molecule has 1 aromatic heterocycles. The fourth-order valence-corrected chi connectivity index (χ4v) is 3.29. The molecule has 0 bridgehead atoms. The van der Waals surface area contributed by atoms with Gasteiger partial charge in [-0.25, -0.2) is 10.5 Å². The normalized spacial score (nSPS) is 10.4. The standard InChI is InChI=1S/C18H18N4O4S/c1-26-13-6-7-14-15(9-13)27-18(21-14)19-10-17(24)20-12-4-2-11(3-5-12)8-16(23)22-25/h2-7,9,25H,8,10H2,1H3,(H,19,21)(H,20,24)(H,22,23). The maximum atomic E-state index is 12.1. The van der Waals surface area contributed by atoms with E-state index in [-0.39, 0.29) is 18.9 Å². The predicted molar refractivity (Wildman–Crippen MR) is 103 cm³/mol. The molecule has 0 spiro atoms. The minimum Gasteiger partial charge on any atom is -0.497 e. The van der Waals surface area contributed by atoms with Crippen molar-refractivity contribution in [2.45, 2.75) is 6.42 Å². The molecule has 0 saturated heterocycles. The molecule has 27 heavy (non-hydrogen) atoms. The second-order valence-electron chi connectivity index (χ2n) is 5.66. The summed E-state index contributed by atoms with van der Waals surface area (Å²) < 4.78 is 6.16. The maximum absolute atomic E-state index is 12.1. The van der Waals surface area contributed by atoms with Crippen molar-refractivity contribution in [1.29, 1.82) is 0 Å². The number of carbonyl (C=O) groups is 2. The van der Waals surface area contributed by atoms with Crippen LogP contribution in [0.15, 0.2) is 42.5 Å². The molecule has 2 aromatic carbocycles. The summed E-state index contributed by atoms with van der Waals surface area (Å²) in [6.07, 6.45) is 0.0642. The molecule has 2 amide bonds. The first-order chi connectivity index (χ1) is 13.1. The number of thiazole rings is 1. The number of hydroxylamine groups is 1. The van der Waals surface area contributed by atoms with Crippen LogP contribution in [0.1, 0.15) is 5.56 Å². The zero-order chi connectivity index (χ0) is 19.2. The molecule has 0 radical (unpaired) electrons. The van der Waals surface area contributed by atoms with E-state index in [1.807, 2.05) is 18.2 Å². The van der Waals surface area contributed by atoms with Gasteiger partial charge in [0, 0.05) is 5.69 Å². The Balaban J connectivity index is 1.54. The predicted octanol–water partition coefficient (Wildman–Crippen LogP) is 2.40. The Morgan fingerprint density at radius 2 is 1.93 bits per heavy atom. The first-order valence-corrected chi connectivity index (χ1v) is 8.89. The number of ether oxygens (including phenoxy) is 1. The molecular formula is C18H18N4O4S. The Morgan fingerprint density at radius 1 is 1.15 bits per heavy atom. The molecule has 3 aromatic rings. The number of amides is 2. The van der Waals surface area contributed by atoms with Gasteiger partial charge in [0.1, 0.15) is 5.75 Å². The molecule has 0 unspecified atom stereocenters. The van der Waals surface area contributed by atoms with E-state index in [1.165, 1.54) is 11.3 Å². The Hall–Kier alpha value is -3.17. The van der Waals surface area contributed by atoms with Gasteiger partial charge in [0.15, 0.2) is 5.13 Å². The van der Waals surface area contributed by atoms with Crippen LogP contribution in [0.2, 0.25) is 0 Å². The molecule has 9 heteroatoms. The van der Waals surface area contributed by atoms with Crippen molar-refractivity contribution in [2.75, 3.05) is 24.3 Å². The third-order valence-electron chi connectivity index (χ3n) is 3.72. The number of benzene rings is 2. The second-order valence-corrected chi connectivity index (χ2v) is 6.69. The second kappa shape index (κ2) is 8.47. The highest BCUT2D eigenvalue weighted by atomic mass is 32.1. The number of carbonyl (C=O) groups excluding carboxylic acids is 2. The topological polar surface area (TPSA) is 113 Å². The van der Waals surface area contributed by atoms with Crippen LogP contribution in [0.3, 0.4) is 0 Å². The molecule has 0 atom stereocenters. The lowest BCUT2D eigenvalue weighted by Gasteiger charge is -2.07. The Bertz CT molecular complexity index is 956. The van der Waals surface area contributed by atoms with Gasteiger partial charge in [-0.1, -0.05) is 23.5 Å². The molecule has 0 fully saturated rings. The van der Waals surface area contributed by atoms with Crippen LogP contribution in [0.4, 0.5) is 10.8 Å². The first-order valence-electron chi connectivity index (χ1n) is 8.07. The lowest BCUT2D eigenvalue weighted by atomic mass is 10.1. The molecule has 0 aliphatic rings. The summed E-state index contributed by atoms with van der Waals surface area (Å²) in [5, 5.41) is 14.9. The van der Waals surface area contributed by atoms with Crippen LogP contribution < -0.4 is 20.9 Å². The average molecular weight is 386 g/mol. The fourth-order valence-electron chi connectivity index (χ4n) is 2.40. The van der Waals surface area contributed by atoms with Crippen molar-refractivity contribution >= 4 is 44.2 Å². The summed E-state index contributed by atoms with van der Waals surface area (Å²) in [6, 6.07) is 12.4. The Kier molecular flexibility index (Phi) is 5.84. The minimum absolute atomic E-state index is 0.0642. The van der Waals surface area contributed by atoms with E-state index in [9.17, 15) is 9.59 Å². The van der Waals surface area contributed by atoms with Gasteiger partial charge in [0.25, 0.3) is 0 Å². The third kappa shape index (κ3) is 4.93. The van der Waals surface area contributed by atoms with Gasteiger partial charge in [-0.2, -0.15) is 0 Å². The van der Waals surface area contributed by atoms with E-state index in [0.717, 1.165) is 21.5 Å². The van der Waals surface area contributed by atoms with Crippen molar-refractivity contribution in [3.63, 3.8) is 0 Å². The fraction of sp³-hybridized carbons (Fsp3) is 0.167. The Morgan fingerprint density at radius 3 is 2.63 bits per heavy atom. The van der Waals surface area contributed by atoms with Crippen molar-refractivity contribution in [2.24, 2.45) is 0 Å². The average Bonchev–Trinajstić information content (AvgIpc) is 3.09. The van der Waals surface area contributed by atoms with Crippen molar-refractivity contribution in [3.05, 3.63) is 48.0 Å². The van der Waals surface area contributed by atoms with Gasteiger partial charge in [-0.05, 0) is 35.9 Å². The van der Waals surface area contributed by atoms with Gasteiger partial charge in [0.05, 0.1) is 30.3 Å². The van der Waals surface area contributed by atoms with E-state index < -0.39 is 5.91 Å². The molecular weight excluding hydrogens is 368 g/mol. The van der Waals surface area contributed by atoms with Crippen LogP contribution in [0, 0.1) is 0 Å². The number of aromatic nitrogens is 1. The van der Waals surface area contributed by atoms with Crippen LogP contribution in [-0.2, 0) is 16.0 Å². The first kappa shape index (κ1) is 18.6. The Labute approximate surface area is 159 Å². The van der Waals surface area contributed by atoms with E-state index >= 15 is 0 Å². The zero-order valence-corrected chi connectivity index (χ0v) is 15.3. The minimum atomic E-state index is -0.496. The number of rotatable bonds is 7. The molecule has 140 valence electrons. The molecule has 3 rings (SSSR count). The summed E-state index contributed by atoms with van der Waals surface area (Å²) in [5.74, 6) is 0.0486. The summed E-state index contributed by atoms with van der Waals surface area (Å²) in [7, 11) is 1.61. The number of hydrogen-bond acceptors (Lipinski definition) is 7. The number of anilines is 2. The SMILES string of the molecule is COc1ccc2nc(NCC(=O)Nc3ccc(CC(=O)NO)cc3)sc2c1. The summed E-state index contributed by atoms with van der Waals surface area (Å²) in [4.78, 5) is 27.6. The van der Waals surface area contributed by atoms with Crippen LogP contribution in [0.25, 0.3) is 10.2 Å². The van der Waals surface area contributed by atoms with E-state index in [4.69, 9.17) is 9.94 Å². The molecule has 8 nitrogen and oxygen atoms in total.